The van der Waals surface area contributed by atoms with Gasteiger partial charge in [0.15, 0.2) is 0 Å². The third-order valence-electron chi connectivity index (χ3n) is 3.65. The van der Waals surface area contributed by atoms with Crippen molar-refractivity contribution in [3.63, 3.8) is 0 Å². The van der Waals surface area contributed by atoms with E-state index in [2.05, 4.69) is 5.32 Å². The number of piperidine rings is 1. The number of likely N-dealkylation sites (tertiary alicyclic amines) is 1. The van der Waals surface area contributed by atoms with E-state index in [1.165, 1.54) is 0 Å². The summed E-state index contributed by atoms with van der Waals surface area (Å²) in [6.45, 7) is 4.61. The average molecular weight is 262 g/mol. The summed E-state index contributed by atoms with van der Waals surface area (Å²) >= 11 is 0. The van der Waals surface area contributed by atoms with Crippen LogP contribution in [0.4, 0.5) is 5.69 Å². The standard InChI is InChI=1S/C15H22N2O2/c1-2-16-14-5-3-4-13(10-14)15(19)17-8-6-12(11-18)7-9-17/h3-5,10,12,16,18H,2,6-9,11H2,1H3. The van der Waals surface area contributed by atoms with Gasteiger partial charge in [0.1, 0.15) is 0 Å². The predicted molar refractivity (Wildman–Crippen MR) is 76.3 cm³/mol. The van der Waals surface area contributed by atoms with Gasteiger partial charge >= 0.3 is 0 Å². The van der Waals surface area contributed by atoms with Crippen molar-refractivity contribution in [2.45, 2.75) is 19.8 Å². The van der Waals surface area contributed by atoms with E-state index in [-0.39, 0.29) is 12.5 Å². The van der Waals surface area contributed by atoms with Crippen LogP contribution in [0.1, 0.15) is 30.1 Å². The molecule has 0 atom stereocenters. The van der Waals surface area contributed by atoms with Crippen LogP contribution in [0.5, 0.6) is 0 Å². The summed E-state index contributed by atoms with van der Waals surface area (Å²) in [5, 5.41) is 12.3. The number of anilines is 1. The van der Waals surface area contributed by atoms with E-state index in [9.17, 15) is 4.79 Å². The summed E-state index contributed by atoms with van der Waals surface area (Å²) in [5.41, 5.74) is 1.72. The van der Waals surface area contributed by atoms with E-state index in [4.69, 9.17) is 5.11 Å². The normalized spacial score (nSPS) is 16.4. The predicted octanol–water partition coefficient (Wildman–Crippen LogP) is 1.96. The zero-order chi connectivity index (χ0) is 13.7. The number of hydrogen-bond acceptors (Lipinski definition) is 3. The molecule has 1 fully saturated rings. The Balaban J connectivity index is 2.01. The molecule has 1 aromatic carbocycles. The van der Waals surface area contributed by atoms with Gasteiger partial charge in [0.2, 0.25) is 0 Å². The summed E-state index contributed by atoms with van der Waals surface area (Å²) in [6, 6.07) is 7.65. The first-order valence-electron chi connectivity index (χ1n) is 6.98. The summed E-state index contributed by atoms with van der Waals surface area (Å²) in [7, 11) is 0. The molecule has 0 radical (unpaired) electrons. The number of carbonyl (C=O) groups is 1. The smallest absolute Gasteiger partial charge is 0.253 e. The molecule has 19 heavy (non-hydrogen) atoms. The molecular weight excluding hydrogens is 240 g/mol. The average Bonchev–Trinajstić information content (AvgIpc) is 2.47. The molecular formula is C15H22N2O2. The minimum atomic E-state index is 0.0937. The summed E-state index contributed by atoms with van der Waals surface area (Å²) in [6.07, 6.45) is 1.80. The van der Waals surface area contributed by atoms with E-state index < -0.39 is 0 Å². The van der Waals surface area contributed by atoms with Crippen LogP contribution in [0.15, 0.2) is 24.3 Å². The highest BCUT2D eigenvalue weighted by Gasteiger charge is 2.23. The Hall–Kier alpha value is -1.55. The molecule has 1 aliphatic rings. The lowest BCUT2D eigenvalue weighted by Gasteiger charge is -2.31. The molecule has 0 aliphatic carbocycles. The molecule has 0 saturated carbocycles. The third kappa shape index (κ3) is 3.47. The quantitative estimate of drug-likeness (QED) is 0.872. The lowest BCUT2D eigenvalue weighted by molar-refractivity contribution is 0.0651. The summed E-state index contributed by atoms with van der Waals surface area (Å²) < 4.78 is 0. The molecule has 2 rings (SSSR count). The largest absolute Gasteiger partial charge is 0.396 e. The van der Waals surface area contributed by atoms with Crippen LogP contribution >= 0.6 is 0 Å². The van der Waals surface area contributed by atoms with Crippen LogP contribution in [0.3, 0.4) is 0 Å². The molecule has 0 spiro atoms. The molecule has 0 bridgehead atoms. The van der Waals surface area contributed by atoms with Gasteiger partial charge in [-0.15, -0.1) is 0 Å². The van der Waals surface area contributed by atoms with E-state index in [0.29, 0.717) is 5.92 Å². The van der Waals surface area contributed by atoms with E-state index in [1.54, 1.807) is 0 Å². The monoisotopic (exact) mass is 262 g/mol. The Kier molecular flexibility index (Phi) is 4.80. The van der Waals surface area contributed by atoms with Crippen LogP contribution in [0, 0.1) is 5.92 Å². The lowest BCUT2D eigenvalue weighted by atomic mass is 9.97. The fourth-order valence-corrected chi connectivity index (χ4v) is 2.47. The molecule has 1 heterocycles. The van der Waals surface area contributed by atoms with Crippen molar-refractivity contribution in [3.8, 4) is 0 Å². The second-order valence-corrected chi connectivity index (χ2v) is 5.03. The Morgan fingerprint density at radius 2 is 2.16 bits per heavy atom. The molecule has 4 heteroatoms. The fraction of sp³-hybridized carbons (Fsp3) is 0.533. The van der Waals surface area contributed by atoms with E-state index in [1.807, 2.05) is 36.1 Å². The van der Waals surface area contributed by atoms with Gasteiger partial charge in [0.05, 0.1) is 0 Å². The highest BCUT2D eigenvalue weighted by molar-refractivity contribution is 5.95. The van der Waals surface area contributed by atoms with Crippen LogP contribution < -0.4 is 5.32 Å². The first-order chi connectivity index (χ1) is 9.24. The molecule has 1 aliphatic heterocycles. The number of aliphatic hydroxyl groups is 1. The Labute approximate surface area is 114 Å². The second kappa shape index (κ2) is 6.57. The Morgan fingerprint density at radius 1 is 1.42 bits per heavy atom. The maximum absolute atomic E-state index is 12.4. The van der Waals surface area contributed by atoms with Gasteiger partial charge in [0.25, 0.3) is 5.91 Å². The minimum absolute atomic E-state index is 0.0937. The molecule has 1 saturated heterocycles. The fourth-order valence-electron chi connectivity index (χ4n) is 2.47. The molecule has 4 nitrogen and oxygen atoms in total. The topological polar surface area (TPSA) is 52.6 Å². The van der Waals surface area contributed by atoms with Gasteiger partial charge in [-0.2, -0.15) is 0 Å². The maximum atomic E-state index is 12.4. The number of carbonyl (C=O) groups excluding carboxylic acids is 1. The molecule has 1 amide bonds. The highest BCUT2D eigenvalue weighted by Crippen LogP contribution is 2.19. The number of nitrogens with zero attached hydrogens (tertiary/aromatic N) is 1. The van der Waals surface area contributed by atoms with Gasteiger partial charge < -0.3 is 15.3 Å². The van der Waals surface area contributed by atoms with Gasteiger partial charge in [0, 0.05) is 37.5 Å². The van der Waals surface area contributed by atoms with Gasteiger partial charge in [-0.1, -0.05) is 6.07 Å². The SMILES string of the molecule is CCNc1cccc(C(=O)N2CCC(CO)CC2)c1. The highest BCUT2D eigenvalue weighted by atomic mass is 16.3. The van der Waals surface area contributed by atoms with Crippen molar-refractivity contribution >= 4 is 11.6 Å². The molecule has 0 aromatic heterocycles. The van der Waals surface area contributed by atoms with Crippen molar-refractivity contribution in [2.75, 3.05) is 31.6 Å². The molecule has 0 unspecified atom stereocenters. The molecule has 2 N–H and O–H groups in total. The van der Waals surface area contributed by atoms with Crippen molar-refractivity contribution in [3.05, 3.63) is 29.8 Å². The number of benzene rings is 1. The molecule has 104 valence electrons. The van der Waals surface area contributed by atoms with Gasteiger partial charge in [-0.3, -0.25) is 4.79 Å². The zero-order valence-electron chi connectivity index (χ0n) is 11.4. The summed E-state index contributed by atoms with van der Waals surface area (Å²) in [5.74, 6) is 0.452. The van der Waals surface area contributed by atoms with Crippen LogP contribution in [-0.4, -0.2) is 42.2 Å². The first-order valence-corrected chi connectivity index (χ1v) is 6.98. The van der Waals surface area contributed by atoms with Gasteiger partial charge in [-0.25, -0.2) is 0 Å². The van der Waals surface area contributed by atoms with E-state index in [0.717, 1.165) is 43.7 Å². The number of nitrogens with one attached hydrogen (secondary N) is 1. The van der Waals surface area contributed by atoms with Gasteiger partial charge in [-0.05, 0) is 43.9 Å². The van der Waals surface area contributed by atoms with Crippen molar-refractivity contribution in [1.82, 2.24) is 4.90 Å². The maximum Gasteiger partial charge on any atom is 0.253 e. The lowest BCUT2D eigenvalue weighted by Crippen LogP contribution is -2.39. The zero-order valence-corrected chi connectivity index (χ0v) is 11.4. The third-order valence-corrected chi connectivity index (χ3v) is 3.65. The van der Waals surface area contributed by atoms with Crippen LogP contribution in [0.25, 0.3) is 0 Å². The van der Waals surface area contributed by atoms with Crippen LogP contribution in [-0.2, 0) is 0 Å². The minimum Gasteiger partial charge on any atom is -0.396 e. The number of aliphatic hydroxyl groups excluding tert-OH is 1. The van der Waals surface area contributed by atoms with E-state index >= 15 is 0 Å². The number of rotatable bonds is 4. The van der Waals surface area contributed by atoms with Crippen LogP contribution in [0.2, 0.25) is 0 Å². The number of amides is 1. The molecule has 1 aromatic rings. The van der Waals surface area contributed by atoms with Crippen molar-refractivity contribution in [2.24, 2.45) is 5.92 Å². The van der Waals surface area contributed by atoms with Crippen molar-refractivity contribution in [1.29, 1.82) is 0 Å². The first kappa shape index (κ1) is 13.9. The number of hydrogen-bond donors (Lipinski definition) is 2. The second-order valence-electron chi connectivity index (χ2n) is 5.03. The Bertz CT molecular complexity index is 426. The van der Waals surface area contributed by atoms with Crippen molar-refractivity contribution < 1.29 is 9.90 Å². The Morgan fingerprint density at radius 3 is 2.79 bits per heavy atom. The summed E-state index contributed by atoms with van der Waals surface area (Å²) in [4.78, 5) is 14.3.